The van der Waals surface area contributed by atoms with E-state index in [1.54, 1.807) is 4.90 Å². The van der Waals surface area contributed by atoms with Crippen LogP contribution in [0.25, 0.3) is 0 Å². The molecule has 1 saturated heterocycles. The van der Waals surface area contributed by atoms with Crippen molar-refractivity contribution in [2.24, 2.45) is 0 Å². The summed E-state index contributed by atoms with van der Waals surface area (Å²) in [4.78, 5) is 25.9. The number of hydrogen-bond acceptors (Lipinski definition) is 3. The predicted octanol–water partition coefficient (Wildman–Crippen LogP) is 2.14. The van der Waals surface area contributed by atoms with Gasteiger partial charge in [-0.2, -0.15) is 0 Å². The van der Waals surface area contributed by atoms with E-state index in [1.807, 2.05) is 58.9 Å². The van der Waals surface area contributed by atoms with Gasteiger partial charge >= 0.3 is 0 Å². The fourth-order valence-corrected chi connectivity index (χ4v) is 2.78. The molecule has 1 aromatic carbocycles. The SMILES string of the molecule is CC(C)N1C(=O)CNC(=O)[C@@H]1Cc1ccc(OC(C)(C)C)cc1. The number of piperazine rings is 1. The van der Waals surface area contributed by atoms with Crippen molar-refractivity contribution in [1.29, 1.82) is 0 Å². The number of benzene rings is 1. The largest absolute Gasteiger partial charge is 0.488 e. The molecule has 126 valence electrons. The van der Waals surface area contributed by atoms with Gasteiger partial charge in [-0.3, -0.25) is 9.59 Å². The topological polar surface area (TPSA) is 58.6 Å². The zero-order valence-corrected chi connectivity index (χ0v) is 14.6. The van der Waals surface area contributed by atoms with Gasteiger partial charge in [-0.05, 0) is 52.3 Å². The van der Waals surface area contributed by atoms with Crippen LogP contribution in [0.1, 0.15) is 40.2 Å². The molecule has 1 aliphatic rings. The van der Waals surface area contributed by atoms with Crippen molar-refractivity contribution in [2.45, 2.75) is 58.7 Å². The first-order valence-electron chi connectivity index (χ1n) is 8.04. The average Bonchev–Trinajstić information content (AvgIpc) is 2.43. The van der Waals surface area contributed by atoms with Gasteiger partial charge in [-0.25, -0.2) is 0 Å². The first kappa shape index (κ1) is 17.3. The highest BCUT2D eigenvalue weighted by Crippen LogP contribution is 2.21. The Morgan fingerprint density at radius 3 is 2.35 bits per heavy atom. The molecule has 1 heterocycles. The molecule has 1 N–H and O–H groups in total. The lowest BCUT2D eigenvalue weighted by atomic mass is 10.0. The van der Waals surface area contributed by atoms with Crippen molar-refractivity contribution in [1.82, 2.24) is 10.2 Å². The van der Waals surface area contributed by atoms with E-state index in [1.165, 1.54) is 0 Å². The number of carbonyl (C=O) groups excluding carboxylic acids is 2. The van der Waals surface area contributed by atoms with Gasteiger partial charge in [-0.1, -0.05) is 12.1 Å². The highest BCUT2D eigenvalue weighted by molar-refractivity contribution is 5.95. The standard InChI is InChI=1S/C18H26N2O3/c1-12(2)20-15(17(22)19-11-16(20)21)10-13-6-8-14(9-7-13)23-18(3,4)5/h6-9,12,15H,10-11H2,1-5H3,(H,19,22)/t15-/m0/s1. The molecule has 0 aromatic heterocycles. The zero-order valence-electron chi connectivity index (χ0n) is 14.6. The van der Waals surface area contributed by atoms with Crippen LogP contribution in [-0.4, -0.2) is 40.9 Å². The van der Waals surface area contributed by atoms with Crippen molar-refractivity contribution in [3.63, 3.8) is 0 Å². The van der Waals surface area contributed by atoms with Crippen LogP contribution in [0.2, 0.25) is 0 Å². The molecule has 0 radical (unpaired) electrons. The molecule has 5 nitrogen and oxygen atoms in total. The molecule has 0 aliphatic carbocycles. The van der Waals surface area contributed by atoms with Crippen molar-refractivity contribution in [2.75, 3.05) is 6.54 Å². The summed E-state index contributed by atoms with van der Waals surface area (Å²) in [6.07, 6.45) is 0.506. The molecule has 1 aliphatic heterocycles. The van der Waals surface area contributed by atoms with Gasteiger partial charge in [0.2, 0.25) is 11.8 Å². The fraction of sp³-hybridized carbons (Fsp3) is 0.556. The molecule has 23 heavy (non-hydrogen) atoms. The van der Waals surface area contributed by atoms with E-state index < -0.39 is 6.04 Å². The number of amides is 2. The van der Waals surface area contributed by atoms with Crippen LogP contribution in [0, 0.1) is 0 Å². The third-order valence-electron chi connectivity index (χ3n) is 3.67. The number of hydrogen-bond donors (Lipinski definition) is 1. The molecular weight excluding hydrogens is 292 g/mol. The number of nitrogens with zero attached hydrogens (tertiary/aromatic N) is 1. The predicted molar refractivity (Wildman–Crippen MR) is 89.3 cm³/mol. The molecule has 1 fully saturated rings. The Balaban J connectivity index is 2.13. The molecule has 2 amide bonds. The minimum absolute atomic E-state index is 0.00190. The molecule has 2 rings (SSSR count). The van der Waals surface area contributed by atoms with Crippen molar-refractivity contribution in [3.05, 3.63) is 29.8 Å². The third-order valence-corrected chi connectivity index (χ3v) is 3.67. The third kappa shape index (κ3) is 4.47. The molecule has 1 aromatic rings. The minimum atomic E-state index is -0.453. The van der Waals surface area contributed by atoms with Crippen LogP contribution in [0.4, 0.5) is 0 Å². The first-order chi connectivity index (χ1) is 10.7. The Kier molecular flexibility index (Phi) is 4.97. The van der Waals surface area contributed by atoms with E-state index in [4.69, 9.17) is 4.74 Å². The Morgan fingerprint density at radius 2 is 1.83 bits per heavy atom. The molecular formula is C18H26N2O3. The van der Waals surface area contributed by atoms with E-state index in [0.717, 1.165) is 11.3 Å². The molecule has 0 unspecified atom stereocenters. The summed E-state index contributed by atoms with van der Waals surface area (Å²) in [7, 11) is 0. The Bertz CT molecular complexity index is 573. The number of nitrogens with one attached hydrogen (secondary N) is 1. The Hall–Kier alpha value is -2.04. The van der Waals surface area contributed by atoms with E-state index in [9.17, 15) is 9.59 Å². The van der Waals surface area contributed by atoms with E-state index >= 15 is 0 Å². The lowest BCUT2D eigenvalue weighted by molar-refractivity contribution is -0.147. The van der Waals surface area contributed by atoms with E-state index in [2.05, 4.69) is 5.32 Å². The summed E-state index contributed by atoms with van der Waals surface area (Å²) in [6, 6.07) is 7.26. The van der Waals surface area contributed by atoms with Crippen LogP contribution >= 0.6 is 0 Å². The molecule has 0 saturated carbocycles. The molecule has 0 spiro atoms. The van der Waals surface area contributed by atoms with Gasteiger partial charge in [0.1, 0.15) is 17.4 Å². The van der Waals surface area contributed by atoms with E-state index in [0.29, 0.717) is 6.42 Å². The highest BCUT2D eigenvalue weighted by Gasteiger charge is 2.35. The summed E-state index contributed by atoms with van der Waals surface area (Å²) in [6.45, 7) is 9.96. The fourth-order valence-electron chi connectivity index (χ4n) is 2.78. The second kappa shape index (κ2) is 6.60. The van der Waals surface area contributed by atoms with Gasteiger partial charge in [0.05, 0.1) is 6.54 Å². The van der Waals surface area contributed by atoms with Gasteiger partial charge < -0.3 is 15.0 Å². The Morgan fingerprint density at radius 1 is 1.22 bits per heavy atom. The normalized spacial score (nSPS) is 19.0. The van der Waals surface area contributed by atoms with Crippen LogP contribution in [0.3, 0.4) is 0 Å². The average molecular weight is 318 g/mol. The highest BCUT2D eigenvalue weighted by atomic mass is 16.5. The summed E-state index contributed by atoms with van der Waals surface area (Å²) in [5, 5.41) is 2.67. The monoisotopic (exact) mass is 318 g/mol. The zero-order chi connectivity index (χ0) is 17.2. The number of rotatable bonds is 4. The van der Waals surface area contributed by atoms with Crippen molar-refractivity contribution < 1.29 is 14.3 Å². The molecule has 0 bridgehead atoms. The second-order valence-electron chi connectivity index (χ2n) is 7.19. The lowest BCUT2D eigenvalue weighted by Gasteiger charge is -2.38. The van der Waals surface area contributed by atoms with Gasteiger partial charge in [0.15, 0.2) is 0 Å². The van der Waals surface area contributed by atoms with Gasteiger partial charge in [-0.15, -0.1) is 0 Å². The van der Waals surface area contributed by atoms with Crippen molar-refractivity contribution >= 4 is 11.8 Å². The maximum absolute atomic E-state index is 12.2. The van der Waals surface area contributed by atoms with Gasteiger partial charge in [0.25, 0.3) is 0 Å². The minimum Gasteiger partial charge on any atom is -0.488 e. The molecule has 1 atom stereocenters. The quantitative estimate of drug-likeness (QED) is 0.925. The Labute approximate surface area is 138 Å². The first-order valence-corrected chi connectivity index (χ1v) is 8.04. The van der Waals surface area contributed by atoms with E-state index in [-0.39, 0.29) is 30.0 Å². The molecule has 5 heteroatoms. The number of carbonyl (C=O) groups is 2. The maximum Gasteiger partial charge on any atom is 0.243 e. The van der Waals surface area contributed by atoms with Crippen LogP contribution in [0.5, 0.6) is 5.75 Å². The smallest absolute Gasteiger partial charge is 0.243 e. The summed E-state index contributed by atoms with van der Waals surface area (Å²) < 4.78 is 5.80. The van der Waals surface area contributed by atoms with Crippen LogP contribution < -0.4 is 10.1 Å². The summed E-state index contributed by atoms with van der Waals surface area (Å²) >= 11 is 0. The number of ether oxygens (including phenoxy) is 1. The maximum atomic E-state index is 12.2. The second-order valence-corrected chi connectivity index (χ2v) is 7.19. The lowest BCUT2D eigenvalue weighted by Crippen LogP contribution is -2.61. The van der Waals surface area contributed by atoms with Crippen LogP contribution in [-0.2, 0) is 16.0 Å². The summed E-state index contributed by atoms with van der Waals surface area (Å²) in [5.74, 6) is 0.678. The van der Waals surface area contributed by atoms with Crippen LogP contribution in [0.15, 0.2) is 24.3 Å². The van der Waals surface area contributed by atoms with Gasteiger partial charge in [0, 0.05) is 12.5 Å². The van der Waals surface area contributed by atoms with Crippen molar-refractivity contribution in [3.8, 4) is 5.75 Å². The summed E-state index contributed by atoms with van der Waals surface area (Å²) in [5.41, 5.74) is 0.762.